The molecule has 0 spiro atoms. The Morgan fingerprint density at radius 3 is 2.58 bits per heavy atom. The topological polar surface area (TPSA) is 37.8 Å². The highest BCUT2D eigenvalue weighted by molar-refractivity contribution is 5.37. The lowest BCUT2D eigenvalue weighted by Crippen LogP contribution is -2.14. The Balaban J connectivity index is 2.04. The number of benzene rings is 1. The molecule has 3 nitrogen and oxygen atoms in total. The van der Waals surface area contributed by atoms with E-state index in [1.165, 1.54) is 18.2 Å². The summed E-state index contributed by atoms with van der Waals surface area (Å²) in [6.07, 6.45) is -2.38. The average Bonchev–Trinajstić information content (AvgIpc) is 3.12. The van der Waals surface area contributed by atoms with Gasteiger partial charge in [0.05, 0.1) is 11.3 Å². The Morgan fingerprint density at radius 1 is 1.21 bits per heavy atom. The summed E-state index contributed by atoms with van der Waals surface area (Å²) < 4.78 is 39.0. The molecule has 1 aromatic heterocycles. The molecule has 1 aliphatic rings. The molecular weight excluding hydrogens is 257 g/mol. The number of nitrogens with zero attached hydrogens (tertiary/aromatic N) is 1. The first-order valence-electron chi connectivity index (χ1n) is 5.95. The summed E-state index contributed by atoms with van der Waals surface area (Å²) in [6.45, 7) is 0. The van der Waals surface area contributed by atoms with Gasteiger partial charge in [-0.3, -0.25) is 9.89 Å². The molecule has 3 rings (SSSR count). The van der Waals surface area contributed by atoms with Crippen LogP contribution in [-0.2, 0) is 6.18 Å². The van der Waals surface area contributed by atoms with Gasteiger partial charge in [0, 0.05) is 17.7 Å². The van der Waals surface area contributed by atoms with Crippen molar-refractivity contribution < 1.29 is 13.2 Å². The van der Waals surface area contributed by atoms with Crippen molar-refractivity contribution in [1.29, 1.82) is 0 Å². The van der Waals surface area contributed by atoms with E-state index in [1.54, 1.807) is 0 Å². The Hall–Kier alpha value is -1.98. The molecule has 100 valence electrons. The zero-order valence-corrected chi connectivity index (χ0v) is 9.87. The molecule has 1 saturated carbocycles. The molecule has 2 aromatic rings. The van der Waals surface area contributed by atoms with Gasteiger partial charge in [-0.1, -0.05) is 6.07 Å². The fraction of sp³-hybridized carbons (Fsp3) is 0.308. The maximum Gasteiger partial charge on any atom is 0.416 e. The van der Waals surface area contributed by atoms with Gasteiger partial charge in [-0.25, -0.2) is 4.68 Å². The number of hydrogen-bond donors (Lipinski definition) is 1. The lowest BCUT2D eigenvalue weighted by molar-refractivity contribution is -0.137. The number of hydrogen-bond acceptors (Lipinski definition) is 1. The van der Waals surface area contributed by atoms with E-state index in [1.807, 2.05) is 0 Å². The number of rotatable bonds is 2. The molecule has 1 aromatic carbocycles. The molecule has 0 radical (unpaired) electrons. The van der Waals surface area contributed by atoms with Crippen LogP contribution in [0.5, 0.6) is 0 Å². The lowest BCUT2D eigenvalue weighted by Gasteiger charge is -2.08. The van der Waals surface area contributed by atoms with Crippen molar-refractivity contribution in [3.63, 3.8) is 0 Å². The van der Waals surface area contributed by atoms with Crippen LogP contribution >= 0.6 is 0 Å². The van der Waals surface area contributed by atoms with E-state index in [0.29, 0.717) is 5.92 Å². The van der Waals surface area contributed by atoms with E-state index in [0.717, 1.165) is 35.4 Å². The highest BCUT2D eigenvalue weighted by Crippen LogP contribution is 2.38. The number of nitrogens with one attached hydrogen (secondary N) is 1. The minimum atomic E-state index is -4.41. The monoisotopic (exact) mass is 268 g/mol. The van der Waals surface area contributed by atoms with E-state index in [4.69, 9.17) is 0 Å². The fourth-order valence-electron chi connectivity index (χ4n) is 2.03. The molecule has 1 aliphatic carbocycles. The van der Waals surface area contributed by atoms with E-state index in [9.17, 15) is 18.0 Å². The number of aromatic amines is 1. The maximum absolute atomic E-state index is 12.6. The van der Waals surface area contributed by atoms with Crippen LogP contribution in [0.4, 0.5) is 13.2 Å². The summed E-state index contributed by atoms with van der Waals surface area (Å²) in [6, 6.07) is 6.18. The van der Waals surface area contributed by atoms with Gasteiger partial charge in [-0.05, 0) is 31.0 Å². The first-order chi connectivity index (χ1) is 8.95. The normalized spacial score (nSPS) is 15.7. The minimum Gasteiger partial charge on any atom is -0.295 e. The van der Waals surface area contributed by atoms with Gasteiger partial charge >= 0.3 is 6.18 Å². The van der Waals surface area contributed by atoms with E-state index in [2.05, 4.69) is 5.10 Å². The molecule has 19 heavy (non-hydrogen) atoms. The van der Waals surface area contributed by atoms with E-state index >= 15 is 0 Å². The summed E-state index contributed by atoms with van der Waals surface area (Å²) in [7, 11) is 0. The summed E-state index contributed by atoms with van der Waals surface area (Å²) in [5, 5.41) is 2.88. The van der Waals surface area contributed by atoms with Crippen molar-refractivity contribution >= 4 is 0 Å². The second kappa shape index (κ2) is 4.01. The molecule has 0 atom stereocenters. The summed E-state index contributed by atoms with van der Waals surface area (Å²) >= 11 is 0. The predicted molar refractivity (Wildman–Crippen MR) is 63.4 cm³/mol. The van der Waals surface area contributed by atoms with Crippen LogP contribution in [0.15, 0.2) is 35.1 Å². The van der Waals surface area contributed by atoms with Crippen LogP contribution in [0.2, 0.25) is 0 Å². The van der Waals surface area contributed by atoms with Gasteiger partial charge in [-0.2, -0.15) is 13.2 Å². The zero-order chi connectivity index (χ0) is 13.6. The number of aromatic nitrogens is 2. The van der Waals surface area contributed by atoms with Gasteiger partial charge in [0.2, 0.25) is 0 Å². The molecule has 1 N–H and O–H groups in total. The van der Waals surface area contributed by atoms with Crippen LogP contribution < -0.4 is 5.56 Å². The second-order valence-corrected chi connectivity index (χ2v) is 4.71. The molecule has 6 heteroatoms. The Kier molecular flexibility index (Phi) is 2.55. The van der Waals surface area contributed by atoms with Gasteiger partial charge in [0.25, 0.3) is 5.56 Å². The van der Waals surface area contributed by atoms with Crippen molar-refractivity contribution in [2.45, 2.75) is 24.9 Å². The largest absolute Gasteiger partial charge is 0.416 e. The first kappa shape index (κ1) is 12.1. The molecule has 0 saturated heterocycles. The van der Waals surface area contributed by atoms with Gasteiger partial charge in [-0.15, -0.1) is 0 Å². The third kappa shape index (κ3) is 2.30. The van der Waals surface area contributed by atoms with Crippen molar-refractivity contribution in [2.24, 2.45) is 0 Å². The summed E-state index contributed by atoms with van der Waals surface area (Å²) in [5.74, 6) is 0.347. The minimum absolute atomic E-state index is 0.201. The number of H-pyrrole nitrogens is 1. The fourth-order valence-corrected chi connectivity index (χ4v) is 2.03. The zero-order valence-electron chi connectivity index (χ0n) is 9.87. The smallest absolute Gasteiger partial charge is 0.295 e. The first-order valence-corrected chi connectivity index (χ1v) is 5.95. The number of alkyl halides is 3. The average molecular weight is 268 g/mol. The van der Waals surface area contributed by atoms with Crippen LogP contribution in [0, 0.1) is 0 Å². The molecule has 0 unspecified atom stereocenters. The quantitative estimate of drug-likeness (QED) is 0.893. The molecule has 0 aliphatic heterocycles. The van der Waals surface area contributed by atoms with Crippen molar-refractivity contribution in [3.8, 4) is 5.69 Å². The van der Waals surface area contributed by atoms with Crippen LogP contribution in [-0.4, -0.2) is 9.78 Å². The van der Waals surface area contributed by atoms with Crippen LogP contribution in [0.1, 0.15) is 30.0 Å². The SMILES string of the molecule is O=c1cc(C2CC2)[nH]n1-c1cccc(C(F)(F)F)c1. The van der Waals surface area contributed by atoms with Gasteiger partial charge < -0.3 is 0 Å². The maximum atomic E-state index is 12.6. The van der Waals surface area contributed by atoms with E-state index < -0.39 is 11.7 Å². The molecule has 1 heterocycles. The van der Waals surface area contributed by atoms with Gasteiger partial charge in [0.1, 0.15) is 0 Å². The van der Waals surface area contributed by atoms with Gasteiger partial charge in [0.15, 0.2) is 0 Å². The van der Waals surface area contributed by atoms with Crippen molar-refractivity contribution in [1.82, 2.24) is 9.78 Å². The summed E-state index contributed by atoms with van der Waals surface area (Å²) in [5.41, 5.74) is -0.102. The Labute approximate surface area is 106 Å². The Bertz CT molecular complexity index is 665. The Morgan fingerprint density at radius 2 is 1.95 bits per heavy atom. The highest BCUT2D eigenvalue weighted by atomic mass is 19.4. The van der Waals surface area contributed by atoms with Crippen molar-refractivity contribution in [2.75, 3.05) is 0 Å². The molecule has 0 bridgehead atoms. The molecular formula is C13H11F3N2O. The third-order valence-corrected chi connectivity index (χ3v) is 3.19. The van der Waals surface area contributed by atoms with Crippen LogP contribution in [0.3, 0.4) is 0 Å². The predicted octanol–water partition coefficient (Wildman–Crippen LogP) is 3.06. The lowest BCUT2D eigenvalue weighted by atomic mass is 10.2. The standard InChI is InChI=1S/C13H11F3N2O/c14-13(15,16)9-2-1-3-10(6-9)18-12(19)7-11(17-18)8-4-5-8/h1-3,6-8,17H,4-5H2. The second-order valence-electron chi connectivity index (χ2n) is 4.71. The summed E-state index contributed by atoms with van der Waals surface area (Å²) in [4.78, 5) is 11.8. The third-order valence-electron chi connectivity index (χ3n) is 3.19. The number of halogens is 3. The molecule has 1 fully saturated rings. The highest BCUT2D eigenvalue weighted by Gasteiger charge is 2.31. The van der Waals surface area contributed by atoms with Crippen molar-refractivity contribution in [3.05, 3.63) is 51.9 Å². The molecule has 0 amide bonds. The van der Waals surface area contributed by atoms with Crippen LogP contribution in [0.25, 0.3) is 5.69 Å². The van der Waals surface area contributed by atoms with E-state index in [-0.39, 0.29) is 11.2 Å².